The van der Waals surface area contributed by atoms with E-state index in [-0.39, 0.29) is 11.8 Å². The highest BCUT2D eigenvalue weighted by atomic mass is 35.5. The number of primary amides is 1. The fourth-order valence-corrected chi connectivity index (χ4v) is 4.12. The van der Waals surface area contributed by atoms with Gasteiger partial charge in [0.05, 0.1) is 0 Å². The number of piperazine rings is 1. The van der Waals surface area contributed by atoms with Crippen molar-refractivity contribution >= 4 is 35.0 Å². The van der Waals surface area contributed by atoms with Gasteiger partial charge in [0.2, 0.25) is 17.7 Å². The molecule has 32 heavy (non-hydrogen) atoms. The van der Waals surface area contributed by atoms with Crippen LogP contribution in [0.1, 0.15) is 30.5 Å². The molecule has 1 unspecified atom stereocenters. The number of amides is 3. The van der Waals surface area contributed by atoms with Crippen molar-refractivity contribution in [1.29, 1.82) is 0 Å². The van der Waals surface area contributed by atoms with Crippen molar-refractivity contribution < 1.29 is 14.4 Å². The van der Waals surface area contributed by atoms with Gasteiger partial charge in [-0.25, -0.2) is 0 Å². The number of para-hydroxylation sites is 1. The van der Waals surface area contributed by atoms with Crippen LogP contribution in [-0.4, -0.2) is 60.7 Å². The van der Waals surface area contributed by atoms with E-state index in [2.05, 4.69) is 4.90 Å². The predicted octanol–water partition coefficient (Wildman–Crippen LogP) is 2.63. The Hall–Kier alpha value is -3.06. The highest BCUT2D eigenvalue weighted by molar-refractivity contribution is 6.30. The van der Waals surface area contributed by atoms with Crippen LogP contribution in [0.4, 0.5) is 5.69 Å². The maximum Gasteiger partial charge on any atom is 0.244 e. The maximum atomic E-state index is 12.7. The van der Waals surface area contributed by atoms with Gasteiger partial charge in [0, 0.05) is 62.8 Å². The number of aryl methyl sites for hydroxylation is 1. The van der Waals surface area contributed by atoms with Crippen LogP contribution in [0.5, 0.6) is 0 Å². The first-order valence-electron chi connectivity index (χ1n) is 10.7. The molecule has 3 rings (SSSR count). The van der Waals surface area contributed by atoms with Crippen LogP contribution >= 0.6 is 11.6 Å². The monoisotopic (exact) mass is 456 g/mol. The largest absolute Gasteiger partial charge is 0.368 e. The average molecular weight is 457 g/mol. The summed E-state index contributed by atoms with van der Waals surface area (Å²) in [6, 6.07) is 14.2. The molecule has 0 saturated carbocycles. The number of likely N-dealkylation sites (N-methyl/N-ethyl adjacent to an activating group) is 1. The first kappa shape index (κ1) is 23.6. The molecule has 1 fully saturated rings. The summed E-state index contributed by atoms with van der Waals surface area (Å²) in [6.07, 6.45) is 1.13. The van der Waals surface area contributed by atoms with Crippen molar-refractivity contribution in [2.45, 2.75) is 25.8 Å². The van der Waals surface area contributed by atoms with Crippen LogP contribution in [0.15, 0.2) is 48.5 Å². The normalized spacial score (nSPS) is 14.7. The zero-order valence-corrected chi connectivity index (χ0v) is 19.2. The smallest absolute Gasteiger partial charge is 0.244 e. The fraction of sp³-hybridized carbons (Fsp3) is 0.375. The molecule has 0 bridgehead atoms. The molecule has 2 aromatic carbocycles. The first-order valence-corrected chi connectivity index (χ1v) is 11.0. The summed E-state index contributed by atoms with van der Waals surface area (Å²) in [7, 11) is 1.58. The van der Waals surface area contributed by atoms with Crippen LogP contribution < -0.4 is 10.6 Å². The second-order valence-electron chi connectivity index (χ2n) is 7.99. The van der Waals surface area contributed by atoms with E-state index in [9.17, 15) is 14.4 Å². The van der Waals surface area contributed by atoms with Gasteiger partial charge in [-0.15, -0.1) is 0 Å². The van der Waals surface area contributed by atoms with Gasteiger partial charge < -0.3 is 20.4 Å². The van der Waals surface area contributed by atoms with Crippen LogP contribution in [0, 0.1) is 0 Å². The number of anilines is 1. The van der Waals surface area contributed by atoms with Crippen molar-refractivity contribution in [3.63, 3.8) is 0 Å². The van der Waals surface area contributed by atoms with E-state index in [1.165, 1.54) is 11.8 Å². The maximum absolute atomic E-state index is 12.7. The molecule has 170 valence electrons. The quantitative estimate of drug-likeness (QED) is 0.693. The molecule has 1 saturated heterocycles. The topological polar surface area (TPSA) is 86.9 Å². The number of carbonyl (C=O) groups excluding carboxylic acids is 3. The minimum absolute atomic E-state index is 0.124. The molecule has 8 heteroatoms. The summed E-state index contributed by atoms with van der Waals surface area (Å²) in [4.78, 5) is 42.1. The minimum Gasteiger partial charge on any atom is -0.368 e. The van der Waals surface area contributed by atoms with E-state index in [0.29, 0.717) is 49.6 Å². The van der Waals surface area contributed by atoms with E-state index >= 15 is 0 Å². The fourth-order valence-electron chi connectivity index (χ4n) is 4.00. The summed E-state index contributed by atoms with van der Waals surface area (Å²) >= 11 is 5.92. The van der Waals surface area contributed by atoms with Crippen molar-refractivity contribution in [3.8, 4) is 0 Å². The molecule has 2 N–H and O–H groups in total. The van der Waals surface area contributed by atoms with Crippen molar-refractivity contribution in [1.82, 2.24) is 9.80 Å². The number of hydrogen-bond donors (Lipinski definition) is 1. The van der Waals surface area contributed by atoms with Gasteiger partial charge in [-0.05, 0) is 30.2 Å². The standard InChI is InChI=1S/C24H29ClN4O3/c1-17(30)27(2)23(24(26)32)20-5-3-4-6-21(20)28-13-15-29(16-14-28)22(31)12-9-18-7-10-19(25)11-8-18/h3-8,10-11,23H,9,12-16H2,1-2H3,(H2,26,32). The molecule has 3 amide bonds. The molecule has 0 aromatic heterocycles. The molecule has 1 aliphatic heterocycles. The Balaban J connectivity index is 1.65. The summed E-state index contributed by atoms with van der Waals surface area (Å²) in [5, 5.41) is 0.685. The molecule has 0 radical (unpaired) electrons. The lowest BCUT2D eigenvalue weighted by atomic mass is 10.0. The Morgan fingerprint density at radius 2 is 1.66 bits per heavy atom. The second kappa shape index (κ2) is 10.5. The summed E-state index contributed by atoms with van der Waals surface area (Å²) in [6.45, 7) is 3.88. The third kappa shape index (κ3) is 5.59. The zero-order chi connectivity index (χ0) is 23.3. The van der Waals surface area contributed by atoms with Gasteiger partial charge in [-0.3, -0.25) is 14.4 Å². The SMILES string of the molecule is CC(=O)N(C)C(C(N)=O)c1ccccc1N1CCN(C(=O)CCc2ccc(Cl)cc2)CC1. The van der Waals surface area contributed by atoms with Crippen molar-refractivity contribution in [2.24, 2.45) is 5.73 Å². The molecule has 1 atom stereocenters. The van der Waals surface area contributed by atoms with E-state index in [4.69, 9.17) is 17.3 Å². The van der Waals surface area contributed by atoms with Gasteiger partial charge >= 0.3 is 0 Å². The molecular weight excluding hydrogens is 428 g/mol. The lowest BCUT2D eigenvalue weighted by molar-refractivity contribution is -0.136. The average Bonchev–Trinajstić information content (AvgIpc) is 2.79. The zero-order valence-electron chi connectivity index (χ0n) is 18.5. The number of halogens is 1. The number of carbonyl (C=O) groups is 3. The van der Waals surface area contributed by atoms with Crippen molar-refractivity contribution in [3.05, 3.63) is 64.7 Å². The number of nitrogens with zero attached hydrogens (tertiary/aromatic N) is 3. The van der Waals surface area contributed by atoms with E-state index in [1.807, 2.05) is 53.4 Å². The summed E-state index contributed by atoms with van der Waals surface area (Å²) < 4.78 is 0. The van der Waals surface area contributed by atoms with Crippen LogP contribution in [0.2, 0.25) is 5.02 Å². The molecular formula is C24H29ClN4O3. The Labute approximate surface area is 193 Å². The Morgan fingerprint density at radius 1 is 1.03 bits per heavy atom. The molecule has 7 nitrogen and oxygen atoms in total. The lowest BCUT2D eigenvalue weighted by Crippen LogP contribution is -2.49. The number of rotatable bonds is 7. The number of hydrogen-bond acceptors (Lipinski definition) is 4. The van der Waals surface area contributed by atoms with E-state index in [0.717, 1.165) is 11.3 Å². The third-order valence-corrected chi connectivity index (χ3v) is 6.15. The number of benzene rings is 2. The Kier molecular flexibility index (Phi) is 7.75. The number of nitrogens with two attached hydrogens (primary N) is 1. The van der Waals surface area contributed by atoms with Crippen LogP contribution in [-0.2, 0) is 20.8 Å². The second-order valence-corrected chi connectivity index (χ2v) is 8.42. The lowest BCUT2D eigenvalue weighted by Gasteiger charge is -2.38. The molecule has 1 heterocycles. The van der Waals surface area contributed by atoms with Gasteiger partial charge in [0.1, 0.15) is 6.04 Å². The Morgan fingerprint density at radius 3 is 2.25 bits per heavy atom. The predicted molar refractivity (Wildman–Crippen MR) is 125 cm³/mol. The van der Waals surface area contributed by atoms with Crippen molar-refractivity contribution in [2.75, 3.05) is 38.1 Å². The molecule has 0 aliphatic carbocycles. The minimum atomic E-state index is -0.845. The molecule has 1 aliphatic rings. The van der Waals surface area contributed by atoms with Gasteiger partial charge in [-0.2, -0.15) is 0 Å². The first-order chi connectivity index (χ1) is 15.3. The highest BCUT2D eigenvalue weighted by Gasteiger charge is 2.30. The van der Waals surface area contributed by atoms with Crippen LogP contribution in [0.3, 0.4) is 0 Å². The van der Waals surface area contributed by atoms with E-state index in [1.54, 1.807) is 7.05 Å². The van der Waals surface area contributed by atoms with Gasteiger partial charge in [-0.1, -0.05) is 41.9 Å². The molecule has 0 spiro atoms. The van der Waals surface area contributed by atoms with Gasteiger partial charge in [0.25, 0.3) is 0 Å². The molecule has 2 aromatic rings. The Bertz CT molecular complexity index is 971. The third-order valence-electron chi connectivity index (χ3n) is 5.90. The summed E-state index contributed by atoms with van der Waals surface area (Å²) in [5.74, 6) is -0.690. The highest BCUT2D eigenvalue weighted by Crippen LogP contribution is 2.30. The van der Waals surface area contributed by atoms with Gasteiger partial charge in [0.15, 0.2) is 0 Å². The van der Waals surface area contributed by atoms with E-state index < -0.39 is 11.9 Å². The summed E-state index contributed by atoms with van der Waals surface area (Å²) in [5.41, 5.74) is 8.28. The van der Waals surface area contributed by atoms with Crippen LogP contribution in [0.25, 0.3) is 0 Å².